The van der Waals surface area contributed by atoms with Crippen molar-refractivity contribution in [2.45, 2.75) is 32.2 Å². The molecular weight excluding hydrogens is 264 g/mol. The maximum atomic E-state index is 12.5. The zero-order valence-electron chi connectivity index (χ0n) is 13.1. The van der Waals surface area contributed by atoms with Gasteiger partial charge in [0, 0.05) is 19.0 Å². The summed E-state index contributed by atoms with van der Waals surface area (Å²) in [6.07, 6.45) is 2.05. The lowest BCUT2D eigenvalue weighted by Crippen LogP contribution is -2.52. The summed E-state index contributed by atoms with van der Waals surface area (Å²) in [7, 11) is 1.87. The third-order valence-corrected chi connectivity index (χ3v) is 4.62. The Morgan fingerprint density at radius 2 is 2.00 bits per heavy atom. The lowest BCUT2D eigenvalue weighted by Gasteiger charge is -2.41. The predicted octanol–water partition coefficient (Wildman–Crippen LogP) is 2.66. The topological polar surface area (TPSA) is 41.6 Å². The molecule has 0 spiro atoms. The first-order valence-electron chi connectivity index (χ1n) is 7.61. The molecule has 1 aliphatic carbocycles. The van der Waals surface area contributed by atoms with E-state index in [0.29, 0.717) is 0 Å². The average Bonchev–Trinajstić information content (AvgIpc) is 3.18. The van der Waals surface area contributed by atoms with Crippen molar-refractivity contribution in [3.05, 3.63) is 35.4 Å². The number of hydrogen-bond acceptors (Lipinski definition) is 2. The van der Waals surface area contributed by atoms with Crippen LogP contribution >= 0.6 is 0 Å². The molecule has 1 saturated heterocycles. The Labute approximate surface area is 126 Å². The SMILES string of the molecule is Cc1ccccc1C1(NC(=O)N(C)CC2(C)COC2)CC1. The van der Waals surface area contributed by atoms with Gasteiger partial charge in [-0.3, -0.25) is 0 Å². The molecule has 0 aromatic heterocycles. The number of amides is 2. The molecule has 114 valence electrons. The van der Waals surface area contributed by atoms with E-state index < -0.39 is 0 Å². The zero-order valence-corrected chi connectivity index (χ0v) is 13.1. The van der Waals surface area contributed by atoms with Crippen molar-refractivity contribution in [1.29, 1.82) is 0 Å². The normalized spacial score (nSPS) is 21.3. The van der Waals surface area contributed by atoms with Crippen molar-refractivity contribution in [3.8, 4) is 0 Å². The van der Waals surface area contributed by atoms with Crippen LogP contribution in [0.5, 0.6) is 0 Å². The third kappa shape index (κ3) is 2.77. The van der Waals surface area contributed by atoms with Crippen molar-refractivity contribution in [2.75, 3.05) is 26.8 Å². The van der Waals surface area contributed by atoms with Crippen LogP contribution in [0, 0.1) is 12.3 Å². The van der Waals surface area contributed by atoms with Crippen molar-refractivity contribution in [3.63, 3.8) is 0 Å². The number of urea groups is 1. The van der Waals surface area contributed by atoms with Crippen LogP contribution in [0.3, 0.4) is 0 Å². The van der Waals surface area contributed by atoms with Crippen LogP contribution in [0.25, 0.3) is 0 Å². The maximum Gasteiger partial charge on any atom is 0.317 e. The molecule has 0 bridgehead atoms. The minimum absolute atomic E-state index is 0.0175. The lowest BCUT2D eigenvalue weighted by atomic mass is 9.88. The molecule has 4 nitrogen and oxygen atoms in total. The fourth-order valence-electron chi connectivity index (χ4n) is 3.18. The van der Waals surface area contributed by atoms with Gasteiger partial charge in [0.05, 0.1) is 18.8 Å². The Balaban J connectivity index is 1.66. The van der Waals surface area contributed by atoms with E-state index in [1.807, 2.05) is 19.2 Å². The average molecular weight is 288 g/mol. The number of nitrogens with zero attached hydrogens (tertiary/aromatic N) is 1. The molecular formula is C17H24N2O2. The van der Waals surface area contributed by atoms with Crippen molar-refractivity contribution in [2.24, 2.45) is 5.41 Å². The van der Waals surface area contributed by atoms with Crippen LogP contribution in [0.2, 0.25) is 0 Å². The van der Waals surface area contributed by atoms with Crippen molar-refractivity contribution < 1.29 is 9.53 Å². The van der Waals surface area contributed by atoms with Crippen molar-refractivity contribution in [1.82, 2.24) is 10.2 Å². The molecule has 0 atom stereocenters. The van der Waals surface area contributed by atoms with E-state index >= 15 is 0 Å². The standard InChI is InChI=1S/C17H24N2O2/c1-13-6-4-5-7-14(13)17(8-9-17)18-15(20)19(3)10-16(2)11-21-12-16/h4-7H,8-12H2,1-3H3,(H,18,20). The monoisotopic (exact) mass is 288 g/mol. The summed E-state index contributed by atoms with van der Waals surface area (Å²) in [5.41, 5.74) is 2.47. The van der Waals surface area contributed by atoms with Gasteiger partial charge in [-0.25, -0.2) is 4.79 Å². The number of aryl methyl sites for hydroxylation is 1. The first-order chi connectivity index (χ1) is 9.94. The van der Waals surface area contributed by atoms with Gasteiger partial charge in [-0.1, -0.05) is 31.2 Å². The van der Waals surface area contributed by atoms with Gasteiger partial charge in [-0.2, -0.15) is 0 Å². The Morgan fingerprint density at radius 1 is 1.33 bits per heavy atom. The van der Waals surface area contributed by atoms with Gasteiger partial charge in [0.25, 0.3) is 0 Å². The van der Waals surface area contributed by atoms with Gasteiger partial charge in [0.2, 0.25) is 0 Å². The lowest BCUT2D eigenvalue weighted by molar-refractivity contribution is -0.108. The highest BCUT2D eigenvalue weighted by Crippen LogP contribution is 2.46. The molecule has 0 unspecified atom stereocenters. The molecule has 0 radical (unpaired) electrons. The van der Waals surface area contributed by atoms with E-state index in [-0.39, 0.29) is 17.0 Å². The Kier molecular flexibility index (Phi) is 3.44. The fourth-order valence-corrected chi connectivity index (χ4v) is 3.18. The van der Waals surface area contributed by atoms with Gasteiger partial charge in [0.1, 0.15) is 0 Å². The number of carbonyl (C=O) groups is 1. The summed E-state index contributed by atoms with van der Waals surface area (Å²) in [6, 6.07) is 8.34. The molecule has 4 heteroatoms. The molecule has 1 aliphatic heterocycles. The summed E-state index contributed by atoms with van der Waals surface area (Å²) in [5.74, 6) is 0. The van der Waals surface area contributed by atoms with Crippen molar-refractivity contribution >= 4 is 6.03 Å². The summed E-state index contributed by atoms with van der Waals surface area (Å²) in [6.45, 7) is 6.50. The first kappa shape index (κ1) is 14.4. The number of rotatable bonds is 4. The van der Waals surface area contributed by atoms with Crippen LogP contribution in [0.4, 0.5) is 4.79 Å². The largest absolute Gasteiger partial charge is 0.380 e. The third-order valence-electron chi connectivity index (χ3n) is 4.62. The summed E-state index contributed by atoms with van der Waals surface area (Å²) >= 11 is 0. The van der Waals surface area contributed by atoms with Gasteiger partial charge in [-0.15, -0.1) is 0 Å². The molecule has 2 amide bonds. The molecule has 1 N–H and O–H groups in total. The second-order valence-electron chi connectivity index (χ2n) is 6.99. The molecule has 2 fully saturated rings. The number of hydrogen-bond donors (Lipinski definition) is 1. The summed E-state index contributed by atoms with van der Waals surface area (Å²) in [5, 5.41) is 3.24. The number of ether oxygens (including phenoxy) is 1. The predicted molar refractivity (Wildman–Crippen MR) is 82.2 cm³/mol. The van der Waals surface area contributed by atoms with Crippen LogP contribution in [0.1, 0.15) is 30.9 Å². The van der Waals surface area contributed by atoms with Crippen LogP contribution in [0.15, 0.2) is 24.3 Å². The summed E-state index contributed by atoms with van der Waals surface area (Å²) in [4.78, 5) is 14.3. The van der Waals surface area contributed by atoms with E-state index in [1.54, 1.807) is 4.90 Å². The minimum Gasteiger partial charge on any atom is -0.380 e. The number of nitrogens with one attached hydrogen (secondary N) is 1. The summed E-state index contributed by atoms with van der Waals surface area (Å²) < 4.78 is 5.26. The zero-order chi connectivity index (χ0) is 15.1. The maximum absolute atomic E-state index is 12.5. The number of benzene rings is 1. The molecule has 1 aromatic carbocycles. The van der Waals surface area contributed by atoms with Crippen LogP contribution in [-0.4, -0.2) is 37.7 Å². The highest BCUT2D eigenvalue weighted by Gasteiger charge is 2.47. The highest BCUT2D eigenvalue weighted by atomic mass is 16.5. The minimum atomic E-state index is -0.145. The fraction of sp³-hybridized carbons (Fsp3) is 0.588. The quantitative estimate of drug-likeness (QED) is 0.925. The second kappa shape index (κ2) is 5.02. The molecule has 21 heavy (non-hydrogen) atoms. The van der Waals surface area contributed by atoms with E-state index in [9.17, 15) is 4.79 Å². The van der Waals surface area contributed by atoms with Crippen LogP contribution < -0.4 is 5.32 Å². The van der Waals surface area contributed by atoms with E-state index in [0.717, 1.165) is 32.6 Å². The Bertz CT molecular complexity index is 547. The Morgan fingerprint density at radius 3 is 2.52 bits per heavy atom. The molecule has 1 aromatic rings. The van der Waals surface area contributed by atoms with Gasteiger partial charge in [0.15, 0.2) is 0 Å². The van der Waals surface area contributed by atoms with E-state index in [4.69, 9.17) is 4.74 Å². The van der Waals surface area contributed by atoms with Gasteiger partial charge >= 0.3 is 6.03 Å². The molecule has 1 saturated carbocycles. The van der Waals surface area contributed by atoms with E-state index in [1.165, 1.54) is 11.1 Å². The first-order valence-corrected chi connectivity index (χ1v) is 7.61. The smallest absolute Gasteiger partial charge is 0.317 e. The highest BCUT2D eigenvalue weighted by molar-refractivity contribution is 5.76. The van der Waals surface area contributed by atoms with E-state index in [2.05, 4.69) is 31.3 Å². The number of carbonyl (C=O) groups excluding carboxylic acids is 1. The van der Waals surface area contributed by atoms with Gasteiger partial charge in [-0.05, 0) is 30.9 Å². The second-order valence-corrected chi connectivity index (χ2v) is 6.99. The molecule has 3 rings (SSSR count). The Hall–Kier alpha value is -1.55. The van der Waals surface area contributed by atoms with Gasteiger partial charge < -0.3 is 15.0 Å². The van der Waals surface area contributed by atoms with Crippen LogP contribution in [-0.2, 0) is 10.3 Å². The molecule has 1 heterocycles. The molecule has 2 aliphatic rings.